The fourth-order valence-corrected chi connectivity index (χ4v) is 3.73. The predicted octanol–water partition coefficient (Wildman–Crippen LogP) is 3.58. The molecule has 33 heavy (non-hydrogen) atoms. The Morgan fingerprint density at radius 3 is 2.67 bits per heavy atom. The number of H-pyrrole nitrogens is 1. The Hall–Kier alpha value is -2.95. The van der Waals surface area contributed by atoms with Crippen molar-refractivity contribution in [2.24, 2.45) is 0 Å². The van der Waals surface area contributed by atoms with Crippen LogP contribution in [0, 0.1) is 5.82 Å². The van der Waals surface area contributed by atoms with Gasteiger partial charge in [-0.25, -0.2) is 4.39 Å². The third-order valence-corrected chi connectivity index (χ3v) is 5.82. The molecule has 0 spiro atoms. The smallest absolute Gasteiger partial charge is 0.227 e. The quantitative estimate of drug-likeness (QED) is 0.301. The van der Waals surface area contributed by atoms with E-state index in [1.165, 1.54) is 12.1 Å². The first-order valence-electron chi connectivity index (χ1n) is 10.8. The van der Waals surface area contributed by atoms with Gasteiger partial charge in [0.05, 0.1) is 18.8 Å². The number of aliphatic hydroxyl groups excluding tert-OH is 2. The molecule has 1 saturated carbocycles. The number of anilines is 4. The van der Waals surface area contributed by atoms with Crippen molar-refractivity contribution in [3.63, 3.8) is 0 Å². The van der Waals surface area contributed by atoms with Crippen LogP contribution in [0.3, 0.4) is 0 Å². The minimum Gasteiger partial charge on any atom is -0.394 e. The van der Waals surface area contributed by atoms with Gasteiger partial charge in [0.15, 0.2) is 17.5 Å². The highest BCUT2D eigenvalue weighted by molar-refractivity contribution is 6.35. The summed E-state index contributed by atoms with van der Waals surface area (Å²) >= 11 is 6.62. The summed E-state index contributed by atoms with van der Waals surface area (Å²) in [6.07, 6.45) is 1.33. The molecule has 2 atom stereocenters. The number of nitrogens with zero attached hydrogens (tertiary/aromatic N) is 4. The molecule has 0 aliphatic heterocycles. The summed E-state index contributed by atoms with van der Waals surface area (Å²) in [5, 5.41) is 33.0. The van der Waals surface area contributed by atoms with Crippen molar-refractivity contribution in [1.82, 2.24) is 20.2 Å². The van der Waals surface area contributed by atoms with E-state index in [1.54, 1.807) is 24.1 Å². The summed E-state index contributed by atoms with van der Waals surface area (Å²) in [5.74, 6) is 1.79. The molecule has 1 aliphatic carbocycles. The molecule has 1 fully saturated rings. The summed E-state index contributed by atoms with van der Waals surface area (Å²) in [6.45, 7) is 1.64. The Morgan fingerprint density at radius 2 is 2.00 bits per heavy atom. The number of hydrogen-bond donors (Lipinski definition) is 5. The standard InChI is InChI=1S/C22H27ClFN7O2/c1-12(13-5-7-15(24)8-6-13)25-22-27-20(26-18-9-17(29-30-18)14-3-4-14)19(23)21(28-22)31(2)10-16(33)11-32/h5-9,12,14,16,32-33H,3-4,10-11H2,1-2H3,(H3,25,26,27,28,29,30)/t12-,16?/m0/s1. The van der Waals surface area contributed by atoms with Crippen LogP contribution < -0.4 is 15.5 Å². The number of nitrogens with one attached hydrogen (secondary N) is 3. The predicted molar refractivity (Wildman–Crippen MR) is 126 cm³/mol. The Labute approximate surface area is 196 Å². The number of hydrogen-bond acceptors (Lipinski definition) is 8. The summed E-state index contributed by atoms with van der Waals surface area (Å²) in [4.78, 5) is 10.7. The molecule has 0 saturated heterocycles. The van der Waals surface area contributed by atoms with E-state index in [1.807, 2.05) is 13.0 Å². The Kier molecular flexibility index (Phi) is 6.96. The minimum atomic E-state index is -0.959. The van der Waals surface area contributed by atoms with Crippen molar-refractivity contribution in [3.05, 3.63) is 52.4 Å². The third kappa shape index (κ3) is 5.70. The maximum absolute atomic E-state index is 13.3. The molecule has 2 aromatic heterocycles. The van der Waals surface area contributed by atoms with Gasteiger partial charge in [0.2, 0.25) is 5.95 Å². The third-order valence-electron chi connectivity index (χ3n) is 5.47. The molecule has 0 amide bonds. The average Bonchev–Trinajstić information content (AvgIpc) is 3.54. The van der Waals surface area contributed by atoms with Crippen LogP contribution >= 0.6 is 11.6 Å². The topological polar surface area (TPSA) is 122 Å². The van der Waals surface area contributed by atoms with Gasteiger partial charge in [-0.15, -0.1) is 0 Å². The second-order valence-corrected chi connectivity index (χ2v) is 8.65. The number of halogens is 2. The van der Waals surface area contributed by atoms with Gasteiger partial charge >= 0.3 is 0 Å². The first-order chi connectivity index (χ1) is 15.8. The molecule has 1 aliphatic rings. The van der Waals surface area contributed by atoms with Crippen LogP contribution in [0.15, 0.2) is 30.3 Å². The first-order valence-corrected chi connectivity index (χ1v) is 11.1. The first kappa shape index (κ1) is 23.2. The van der Waals surface area contributed by atoms with E-state index in [0.717, 1.165) is 24.1 Å². The van der Waals surface area contributed by atoms with E-state index in [4.69, 9.17) is 11.6 Å². The monoisotopic (exact) mass is 475 g/mol. The van der Waals surface area contributed by atoms with Crippen molar-refractivity contribution < 1.29 is 14.6 Å². The van der Waals surface area contributed by atoms with Gasteiger partial charge in [0.25, 0.3) is 0 Å². The van der Waals surface area contributed by atoms with Crippen LogP contribution in [0.1, 0.15) is 43.0 Å². The fraction of sp³-hybridized carbons (Fsp3) is 0.409. The Balaban J connectivity index is 1.62. The average molecular weight is 476 g/mol. The molecule has 1 aromatic carbocycles. The van der Waals surface area contributed by atoms with Gasteiger partial charge in [0, 0.05) is 31.3 Å². The van der Waals surface area contributed by atoms with Gasteiger partial charge in [-0.3, -0.25) is 5.10 Å². The molecular formula is C22H27ClFN7O2. The van der Waals surface area contributed by atoms with Crippen LogP contribution in [-0.2, 0) is 0 Å². The number of benzene rings is 1. The number of likely N-dealkylation sites (N-methyl/N-ethyl adjacent to an activating group) is 1. The largest absolute Gasteiger partial charge is 0.394 e. The lowest BCUT2D eigenvalue weighted by atomic mass is 10.1. The Bertz CT molecular complexity index is 1090. The lowest BCUT2D eigenvalue weighted by Crippen LogP contribution is -2.32. The van der Waals surface area contributed by atoms with Crippen molar-refractivity contribution in [1.29, 1.82) is 0 Å². The van der Waals surface area contributed by atoms with Gasteiger partial charge in [-0.05, 0) is 37.5 Å². The molecule has 176 valence electrons. The Morgan fingerprint density at radius 1 is 1.27 bits per heavy atom. The van der Waals surface area contributed by atoms with Crippen LogP contribution in [0.2, 0.25) is 5.02 Å². The van der Waals surface area contributed by atoms with Crippen LogP contribution in [0.25, 0.3) is 0 Å². The van der Waals surface area contributed by atoms with Crippen molar-refractivity contribution in [3.8, 4) is 0 Å². The van der Waals surface area contributed by atoms with E-state index in [9.17, 15) is 14.6 Å². The van der Waals surface area contributed by atoms with Crippen molar-refractivity contribution in [2.75, 3.05) is 35.7 Å². The number of aliphatic hydroxyl groups is 2. The minimum absolute atomic E-state index is 0.119. The van der Waals surface area contributed by atoms with Crippen molar-refractivity contribution >= 4 is 35.0 Å². The van der Waals surface area contributed by atoms with Gasteiger partial charge in [-0.1, -0.05) is 23.7 Å². The second kappa shape index (κ2) is 9.90. The van der Waals surface area contributed by atoms with Crippen LogP contribution in [0.4, 0.5) is 27.8 Å². The number of aromatic nitrogens is 4. The van der Waals surface area contributed by atoms with Crippen LogP contribution in [0.5, 0.6) is 0 Å². The molecule has 2 heterocycles. The summed E-state index contributed by atoms with van der Waals surface area (Å²) < 4.78 is 13.3. The van der Waals surface area contributed by atoms with E-state index in [0.29, 0.717) is 23.4 Å². The van der Waals surface area contributed by atoms with Crippen LogP contribution in [-0.4, -0.2) is 56.7 Å². The molecule has 5 N–H and O–H groups in total. The molecular weight excluding hydrogens is 449 g/mol. The van der Waals surface area contributed by atoms with E-state index in [2.05, 4.69) is 30.8 Å². The number of aromatic amines is 1. The zero-order valence-corrected chi connectivity index (χ0v) is 19.1. The van der Waals surface area contributed by atoms with Gasteiger partial charge < -0.3 is 25.7 Å². The van der Waals surface area contributed by atoms with Gasteiger partial charge in [0.1, 0.15) is 10.8 Å². The number of rotatable bonds is 10. The molecule has 1 unspecified atom stereocenters. The second-order valence-electron chi connectivity index (χ2n) is 8.28. The summed E-state index contributed by atoms with van der Waals surface area (Å²) in [6, 6.07) is 7.89. The molecule has 0 radical (unpaired) electrons. The highest BCUT2D eigenvalue weighted by atomic mass is 35.5. The molecule has 9 nitrogen and oxygen atoms in total. The highest BCUT2D eigenvalue weighted by Gasteiger charge is 2.26. The lowest BCUT2D eigenvalue weighted by Gasteiger charge is -2.24. The SMILES string of the molecule is C[C@H](Nc1nc(Nc2cc(C3CC3)[nH]n2)c(Cl)c(N(C)CC(O)CO)n1)c1ccc(F)cc1. The maximum atomic E-state index is 13.3. The molecule has 0 bridgehead atoms. The fourth-order valence-electron chi connectivity index (χ4n) is 3.45. The lowest BCUT2D eigenvalue weighted by molar-refractivity contribution is 0.101. The molecule has 11 heteroatoms. The highest BCUT2D eigenvalue weighted by Crippen LogP contribution is 2.40. The van der Waals surface area contributed by atoms with Gasteiger partial charge in [-0.2, -0.15) is 15.1 Å². The maximum Gasteiger partial charge on any atom is 0.227 e. The van der Waals surface area contributed by atoms with E-state index >= 15 is 0 Å². The zero-order chi connectivity index (χ0) is 23.5. The summed E-state index contributed by atoms with van der Waals surface area (Å²) in [5.41, 5.74) is 1.92. The summed E-state index contributed by atoms with van der Waals surface area (Å²) in [7, 11) is 1.71. The zero-order valence-electron chi connectivity index (χ0n) is 18.4. The molecule has 3 aromatic rings. The van der Waals surface area contributed by atoms with Crippen molar-refractivity contribution in [2.45, 2.75) is 37.8 Å². The van der Waals surface area contributed by atoms with E-state index < -0.39 is 6.10 Å². The molecule has 4 rings (SSSR count). The normalized spacial score (nSPS) is 15.2. The van der Waals surface area contributed by atoms with E-state index in [-0.39, 0.29) is 36.0 Å².